The van der Waals surface area contributed by atoms with Gasteiger partial charge in [0.1, 0.15) is 6.04 Å². The highest BCUT2D eigenvalue weighted by Crippen LogP contribution is 2.18. The van der Waals surface area contributed by atoms with Crippen LogP contribution in [0.4, 0.5) is 5.69 Å². The van der Waals surface area contributed by atoms with Crippen molar-refractivity contribution < 1.29 is 4.79 Å². The maximum Gasteiger partial charge on any atom is 0.242 e. The normalized spacial score (nSPS) is 13.0. The van der Waals surface area contributed by atoms with E-state index in [1.807, 2.05) is 39.8 Å². The van der Waals surface area contributed by atoms with Crippen LogP contribution in [0.1, 0.15) is 38.8 Å². The van der Waals surface area contributed by atoms with Crippen molar-refractivity contribution in [3.8, 4) is 0 Å². The van der Waals surface area contributed by atoms with E-state index >= 15 is 0 Å². The first kappa shape index (κ1) is 14.6. The second-order valence-electron chi connectivity index (χ2n) is 5.85. The zero-order chi connectivity index (χ0) is 13.9. The molecule has 0 aliphatic heterocycles. The standard InChI is InChI=1S/C15H24N2O/c1-10-8-7-9-13(11(10)2)16-12(3)14(18)17-15(4,5)6/h7-9,12,16H,1-6H3,(H,17,18)/t12-/m0/s1. The Labute approximate surface area is 110 Å². The fourth-order valence-electron chi connectivity index (χ4n) is 1.68. The molecule has 18 heavy (non-hydrogen) atoms. The Hall–Kier alpha value is -1.51. The van der Waals surface area contributed by atoms with E-state index in [0.717, 1.165) is 5.69 Å². The number of hydrogen-bond donors (Lipinski definition) is 2. The van der Waals surface area contributed by atoms with Gasteiger partial charge < -0.3 is 10.6 Å². The maximum absolute atomic E-state index is 12.0. The Kier molecular flexibility index (Phi) is 4.38. The summed E-state index contributed by atoms with van der Waals surface area (Å²) in [7, 11) is 0. The molecule has 0 aromatic heterocycles. The second-order valence-corrected chi connectivity index (χ2v) is 5.85. The largest absolute Gasteiger partial charge is 0.374 e. The minimum Gasteiger partial charge on any atom is -0.374 e. The summed E-state index contributed by atoms with van der Waals surface area (Å²) in [5.74, 6) is 0.0170. The Morgan fingerprint density at radius 1 is 1.22 bits per heavy atom. The summed E-state index contributed by atoms with van der Waals surface area (Å²) in [6, 6.07) is 5.83. The van der Waals surface area contributed by atoms with Gasteiger partial charge in [0.05, 0.1) is 0 Å². The van der Waals surface area contributed by atoms with Crippen LogP contribution < -0.4 is 10.6 Å². The lowest BCUT2D eigenvalue weighted by Crippen LogP contribution is -2.47. The quantitative estimate of drug-likeness (QED) is 0.863. The number of rotatable bonds is 3. The lowest BCUT2D eigenvalue weighted by atomic mass is 10.1. The van der Waals surface area contributed by atoms with Crippen LogP contribution in [-0.2, 0) is 4.79 Å². The molecule has 1 atom stereocenters. The SMILES string of the molecule is Cc1cccc(N[C@@H](C)C(=O)NC(C)(C)C)c1C. The molecule has 1 aromatic rings. The van der Waals surface area contributed by atoms with Gasteiger partial charge in [-0.25, -0.2) is 0 Å². The van der Waals surface area contributed by atoms with Gasteiger partial charge in [0.25, 0.3) is 0 Å². The molecule has 0 heterocycles. The molecule has 0 spiro atoms. The average molecular weight is 248 g/mol. The lowest BCUT2D eigenvalue weighted by Gasteiger charge is -2.24. The zero-order valence-corrected chi connectivity index (χ0v) is 12.2. The summed E-state index contributed by atoms with van der Waals surface area (Å²) in [5, 5.41) is 6.23. The smallest absolute Gasteiger partial charge is 0.242 e. The summed E-state index contributed by atoms with van der Waals surface area (Å²) in [4.78, 5) is 12.0. The Balaban J connectivity index is 2.73. The van der Waals surface area contributed by atoms with Crippen LogP contribution in [0.2, 0.25) is 0 Å². The van der Waals surface area contributed by atoms with Crippen molar-refractivity contribution in [1.29, 1.82) is 0 Å². The minimum atomic E-state index is -0.246. The first-order valence-corrected chi connectivity index (χ1v) is 6.35. The highest BCUT2D eigenvalue weighted by atomic mass is 16.2. The van der Waals surface area contributed by atoms with Crippen LogP contribution in [0.25, 0.3) is 0 Å². The van der Waals surface area contributed by atoms with Crippen LogP contribution in [0.5, 0.6) is 0 Å². The van der Waals surface area contributed by atoms with Gasteiger partial charge in [-0.2, -0.15) is 0 Å². The molecule has 0 aliphatic rings. The molecule has 1 aromatic carbocycles. The number of anilines is 1. The highest BCUT2D eigenvalue weighted by molar-refractivity contribution is 5.85. The average Bonchev–Trinajstić information content (AvgIpc) is 2.22. The molecule has 0 aliphatic carbocycles. The van der Waals surface area contributed by atoms with Gasteiger partial charge >= 0.3 is 0 Å². The number of carbonyl (C=O) groups is 1. The predicted octanol–water partition coefficient (Wildman–Crippen LogP) is 3.02. The van der Waals surface area contributed by atoms with E-state index in [9.17, 15) is 4.79 Å². The highest BCUT2D eigenvalue weighted by Gasteiger charge is 2.19. The van der Waals surface area contributed by atoms with Crippen molar-refractivity contribution in [1.82, 2.24) is 5.32 Å². The zero-order valence-electron chi connectivity index (χ0n) is 12.2. The van der Waals surface area contributed by atoms with Crippen molar-refractivity contribution >= 4 is 11.6 Å². The first-order chi connectivity index (χ1) is 8.20. The predicted molar refractivity (Wildman–Crippen MR) is 76.9 cm³/mol. The Morgan fingerprint density at radius 2 is 1.83 bits per heavy atom. The second kappa shape index (κ2) is 5.42. The van der Waals surface area contributed by atoms with Gasteiger partial charge in [-0.3, -0.25) is 4.79 Å². The maximum atomic E-state index is 12.0. The van der Waals surface area contributed by atoms with Gasteiger partial charge in [0.2, 0.25) is 5.91 Å². The third-order valence-corrected chi connectivity index (χ3v) is 2.87. The summed E-state index contributed by atoms with van der Waals surface area (Å²) in [6.45, 7) is 12.0. The molecule has 0 fully saturated rings. The van der Waals surface area contributed by atoms with Crippen LogP contribution in [0.15, 0.2) is 18.2 Å². The summed E-state index contributed by atoms with van der Waals surface area (Å²) in [5.41, 5.74) is 3.23. The summed E-state index contributed by atoms with van der Waals surface area (Å²) >= 11 is 0. The third kappa shape index (κ3) is 4.06. The number of hydrogen-bond acceptors (Lipinski definition) is 2. The molecule has 1 rings (SSSR count). The molecule has 2 N–H and O–H groups in total. The van der Waals surface area contributed by atoms with Crippen LogP contribution in [0.3, 0.4) is 0 Å². The summed E-state index contributed by atoms with van der Waals surface area (Å²) in [6.07, 6.45) is 0. The van der Waals surface area contributed by atoms with Crippen LogP contribution in [-0.4, -0.2) is 17.5 Å². The molecule has 100 valence electrons. The number of carbonyl (C=O) groups excluding carboxylic acids is 1. The monoisotopic (exact) mass is 248 g/mol. The topological polar surface area (TPSA) is 41.1 Å². The molecule has 3 nitrogen and oxygen atoms in total. The molecule has 1 amide bonds. The fourth-order valence-corrected chi connectivity index (χ4v) is 1.68. The van der Waals surface area contributed by atoms with E-state index in [-0.39, 0.29) is 17.5 Å². The first-order valence-electron chi connectivity index (χ1n) is 6.35. The van der Waals surface area contributed by atoms with E-state index in [4.69, 9.17) is 0 Å². The molecular formula is C15H24N2O. The van der Waals surface area contributed by atoms with Crippen molar-refractivity contribution in [2.75, 3.05) is 5.32 Å². The minimum absolute atomic E-state index is 0.0170. The molecule has 0 saturated carbocycles. The van der Waals surface area contributed by atoms with Crippen molar-refractivity contribution in [3.63, 3.8) is 0 Å². The van der Waals surface area contributed by atoms with Gasteiger partial charge in [0.15, 0.2) is 0 Å². The van der Waals surface area contributed by atoms with E-state index in [1.165, 1.54) is 11.1 Å². The fraction of sp³-hybridized carbons (Fsp3) is 0.533. The molecule has 0 unspecified atom stereocenters. The van der Waals surface area contributed by atoms with Gasteiger partial charge in [0, 0.05) is 11.2 Å². The van der Waals surface area contributed by atoms with Crippen LogP contribution in [0, 0.1) is 13.8 Å². The molecule has 0 radical (unpaired) electrons. The number of aryl methyl sites for hydroxylation is 1. The van der Waals surface area contributed by atoms with E-state index in [0.29, 0.717) is 0 Å². The number of benzene rings is 1. The summed E-state index contributed by atoms with van der Waals surface area (Å²) < 4.78 is 0. The van der Waals surface area contributed by atoms with E-state index in [2.05, 4.69) is 30.5 Å². The molecule has 0 saturated heterocycles. The third-order valence-electron chi connectivity index (χ3n) is 2.87. The lowest BCUT2D eigenvalue weighted by molar-refractivity contribution is -0.122. The van der Waals surface area contributed by atoms with Gasteiger partial charge in [-0.15, -0.1) is 0 Å². The Morgan fingerprint density at radius 3 is 2.39 bits per heavy atom. The van der Waals surface area contributed by atoms with E-state index in [1.54, 1.807) is 0 Å². The van der Waals surface area contributed by atoms with Crippen LogP contribution >= 0.6 is 0 Å². The molecular weight excluding hydrogens is 224 g/mol. The number of amides is 1. The molecule has 3 heteroatoms. The van der Waals surface area contributed by atoms with Gasteiger partial charge in [-0.1, -0.05) is 12.1 Å². The van der Waals surface area contributed by atoms with Gasteiger partial charge in [-0.05, 0) is 58.7 Å². The molecule has 0 bridgehead atoms. The number of nitrogens with one attached hydrogen (secondary N) is 2. The van der Waals surface area contributed by atoms with Crippen molar-refractivity contribution in [2.45, 2.75) is 53.1 Å². The van der Waals surface area contributed by atoms with E-state index < -0.39 is 0 Å². The van der Waals surface area contributed by atoms with Crippen molar-refractivity contribution in [2.24, 2.45) is 0 Å². The van der Waals surface area contributed by atoms with Crippen molar-refractivity contribution in [3.05, 3.63) is 29.3 Å². The Bertz CT molecular complexity index is 433.